The lowest BCUT2D eigenvalue weighted by molar-refractivity contribution is -0.158. The largest absolute Gasteiger partial charge is 0.379 e. The second kappa shape index (κ2) is 5.28. The van der Waals surface area contributed by atoms with Gasteiger partial charge in [-0.15, -0.1) is 0 Å². The van der Waals surface area contributed by atoms with Crippen molar-refractivity contribution in [2.45, 2.75) is 33.1 Å². The summed E-state index contributed by atoms with van der Waals surface area (Å²) in [5.74, 6) is -0.390. The molecule has 0 aromatic heterocycles. The monoisotopic (exact) mass is 268 g/mol. The van der Waals surface area contributed by atoms with Crippen molar-refractivity contribution in [2.75, 3.05) is 19.8 Å². The average molecular weight is 268 g/mol. The molecule has 0 atom stereocenters. The van der Waals surface area contributed by atoms with Crippen LogP contribution >= 0.6 is 0 Å². The van der Waals surface area contributed by atoms with Crippen LogP contribution in [0.25, 0.3) is 0 Å². The number of hydrogen-bond donors (Lipinski definition) is 1. The average Bonchev–Trinajstić information content (AvgIpc) is 2.25. The maximum Gasteiger partial charge on any atom is 0.330 e. The van der Waals surface area contributed by atoms with Gasteiger partial charge in [-0.2, -0.15) is 0 Å². The lowest BCUT2D eigenvalue weighted by atomic mass is 9.66. The van der Waals surface area contributed by atoms with Gasteiger partial charge in [-0.1, -0.05) is 20.3 Å². The number of carbonyl (C=O) groups excluding carboxylic acids is 3. The highest BCUT2D eigenvalue weighted by atomic mass is 16.5. The first kappa shape index (κ1) is 14.0. The second-order valence-electron chi connectivity index (χ2n) is 5.62. The molecule has 0 radical (unpaired) electrons. The van der Waals surface area contributed by atoms with Crippen molar-refractivity contribution in [1.29, 1.82) is 0 Å². The molecule has 2 fully saturated rings. The molecular weight excluding hydrogens is 248 g/mol. The SMILES string of the molecule is CC(C)COCCN1C(=O)NC(=O)C2(CCC2)C1=O. The number of ether oxygens (including phenoxy) is 1. The minimum Gasteiger partial charge on any atom is -0.379 e. The molecule has 6 heteroatoms. The molecule has 0 unspecified atom stereocenters. The molecule has 19 heavy (non-hydrogen) atoms. The number of barbiturate groups is 1. The van der Waals surface area contributed by atoms with E-state index in [9.17, 15) is 14.4 Å². The van der Waals surface area contributed by atoms with Crippen molar-refractivity contribution in [1.82, 2.24) is 10.2 Å². The van der Waals surface area contributed by atoms with Crippen LogP contribution in [-0.2, 0) is 14.3 Å². The third kappa shape index (κ3) is 2.49. The van der Waals surface area contributed by atoms with E-state index in [0.29, 0.717) is 32.0 Å². The molecule has 4 amide bonds. The van der Waals surface area contributed by atoms with Crippen LogP contribution in [0.15, 0.2) is 0 Å². The van der Waals surface area contributed by atoms with Crippen LogP contribution in [-0.4, -0.2) is 42.5 Å². The van der Waals surface area contributed by atoms with E-state index < -0.39 is 17.4 Å². The van der Waals surface area contributed by atoms with E-state index in [2.05, 4.69) is 5.32 Å². The Morgan fingerprint density at radius 3 is 2.53 bits per heavy atom. The Kier molecular flexibility index (Phi) is 3.89. The van der Waals surface area contributed by atoms with Crippen LogP contribution in [0, 0.1) is 11.3 Å². The zero-order valence-electron chi connectivity index (χ0n) is 11.4. The third-order valence-corrected chi connectivity index (χ3v) is 3.67. The quantitative estimate of drug-likeness (QED) is 0.594. The number of nitrogens with one attached hydrogen (secondary N) is 1. The molecule has 2 rings (SSSR count). The smallest absolute Gasteiger partial charge is 0.330 e. The molecule has 1 N–H and O–H groups in total. The van der Waals surface area contributed by atoms with E-state index in [4.69, 9.17) is 4.74 Å². The van der Waals surface area contributed by atoms with Crippen LogP contribution in [0.5, 0.6) is 0 Å². The highest BCUT2D eigenvalue weighted by molar-refractivity contribution is 6.19. The highest BCUT2D eigenvalue weighted by Crippen LogP contribution is 2.44. The molecule has 1 heterocycles. The summed E-state index contributed by atoms with van der Waals surface area (Å²) >= 11 is 0. The number of urea groups is 1. The van der Waals surface area contributed by atoms with Gasteiger partial charge in [-0.3, -0.25) is 19.8 Å². The molecule has 2 aliphatic rings. The summed E-state index contributed by atoms with van der Waals surface area (Å²) in [7, 11) is 0. The number of hydrogen-bond acceptors (Lipinski definition) is 4. The Labute approximate surface area is 112 Å². The van der Waals surface area contributed by atoms with E-state index in [1.807, 2.05) is 13.8 Å². The summed E-state index contributed by atoms with van der Waals surface area (Å²) in [6, 6.07) is -0.624. The first-order valence-electron chi connectivity index (χ1n) is 6.72. The van der Waals surface area contributed by atoms with Gasteiger partial charge in [0.25, 0.3) is 0 Å². The Hall–Kier alpha value is -1.43. The van der Waals surface area contributed by atoms with Gasteiger partial charge in [0.2, 0.25) is 11.8 Å². The molecule has 0 bridgehead atoms. The number of rotatable bonds is 5. The Morgan fingerprint density at radius 1 is 1.32 bits per heavy atom. The molecule has 1 saturated heterocycles. The van der Waals surface area contributed by atoms with Crippen LogP contribution < -0.4 is 5.32 Å². The summed E-state index contributed by atoms with van der Waals surface area (Å²) in [4.78, 5) is 36.8. The third-order valence-electron chi connectivity index (χ3n) is 3.67. The van der Waals surface area contributed by atoms with Crippen LogP contribution in [0.2, 0.25) is 0 Å². The van der Waals surface area contributed by atoms with E-state index in [-0.39, 0.29) is 12.5 Å². The van der Waals surface area contributed by atoms with Crippen LogP contribution in [0.1, 0.15) is 33.1 Å². The molecule has 1 saturated carbocycles. The molecule has 106 valence electrons. The number of imide groups is 2. The van der Waals surface area contributed by atoms with Gasteiger partial charge in [-0.25, -0.2) is 4.79 Å². The molecule has 6 nitrogen and oxygen atoms in total. The van der Waals surface area contributed by atoms with Gasteiger partial charge < -0.3 is 4.74 Å². The lowest BCUT2D eigenvalue weighted by Crippen LogP contribution is -2.66. The maximum atomic E-state index is 12.3. The summed E-state index contributed by atoms with van der Waals surface area (Å²) in [6.07, 6.45) is 1.92. The molecule has 0 aromatic carbocycles. The van der Waals surface area contributed by atoms with E-state index in [1.165, 1.54) is 0 Å². The molecule has 0 aromatic rings. The van der Waals surface area contributed by atoms with Gasteiger partial charge in [-0.05, 0) is 18.8 Å². The zero-order chi connectivity index (χ0) is 14.0. The summed E-state index contributed by atoms with van der Waals surface area (Å²) < 4.78 is 5.38. The van der Waals surface area contributed by atoms with Crippen molar-refractivity contribution in [3.8, 4) is 0 Å². The molecule has 1 aliphatic heterocycles. The first-order valence-corrected chi connectivity index (χ1v) is 6.72. The summed E-state index contributed by atoms with van der Waals surface area (Å²) in [5.41, 5.74) is -0.980. The predicted molar refractivity (Wildman–Crippen MR) is 67.2 cm³/mol. The molecular formula is C13H20N2O4. The Morgan fingerprint density at radius 2 is 2.00 bits per heavy atom. The van der Waals surface area contributed by atoms with Crippen molar-refractivity contribution in [3.63, 3.8) is 0 Å². The minimum absolute atomic E-state index is 0.201. The fourth-order valence-corrected chi connectivity index (χ4v) is 2.38. The normalized spacial score (nSPS) is 21.8. The second-order valence-corrected chi connectivity index (χ2v) is 5.62. The van der Waals surface area contributed by atoms with Gasteiger partial charge in [0, 0.05) is 6.61 Å². The van der Waals surface area contributed by atoms with Gasteiger partial charge in [0.15, 0.2) is 0 Å². The van der Waals surface area contributed by atoms with Crippen LogP contribution in [0.3, 0.4) is 0 Å². The van der Waals surface area contributed by atoms with Crippen molar-refractivity contribution in [3.05, 3.63) is 0 Å². The minimum atomic E-state index is -0.980. The lowest BCUT2D eigenvalue weighted by Gasteiger charge is -2.44. The summed E-state index contributed by atoms with van der Waals surface area (Å²) in [6.45, 7) is 5.16. The van der Waals surface area contributed by atoms with Crippen LogP contribution in [0.4, 0.5) is 4.79 Å². The van der Waals surface area contributed by atoms with Gasteiger partial charge in [0.1, 0.15) is 5.41 Å². The Bertz CT molecular complexity index is 401. The standard InChI is InChI=1S/C13H20N2O4/c1-9(2)8-19-7-6-15-11(17)13(4-3-5-13)10(16)14-12(15)18/h9H,3-8H2,1-2H3,(H,14,16,18). The van der Waals surface area contributed by atoms with Crippen molar-refractivity contribution in [2.24, 2.45) is 11.3 Å². The van der Waals surface area contributed by atoms with E-state index in [1.54, 1.807) is 0 Å². The fourth-order valence-electron chi connectivity index (χ4n) is 2.38. The summed E-state index contributed by atoms with van der Waals surface area (Å²) in [5, 5.41) is 2.27. The van der Waals surface area contributed by atoms with Crippen molar-refractivity contribution < 1.29 is 19.1 Å². The topological polar surface area (TPSA) is 75.7 Å². The van der Waals surface area contributed by atoms with E-state index in [0.717, 1.165) is 11.3 Å². The Balaban J connectivity index is 1.94. The maximum absolute atomic E-state index is 12.3. The van der Waals surface area contributed by atoms with Gasteiger partial charge >= 0.3 is 6.03 Å². The van der Waals surface area contributed by atoms with E-state index >= 15 is 0 Å². The molecule has 1 spiro atoms. The highest BCUT2D eigenvalue weighted by Gasteiger charge is 2.57. The van der Waals surface area contributed by atoms with Gasteiger partial charge in [0.05, 0.1) is 13.2 Å². The van der Waals surface area contributed by atoms with Crippen molar-refractivity contribution >= 4 is 17.8 Å². The zero-order valence-corrected chi connectivity index (χ0v) is 11.4. The molecule has 1 aliphatic carbocycles. The predicted octanol–water partition coefficient (Wildman–Crippen LogP) is 0.908. The first-order chi connectivity index (χ1) is 8.97. The number of carbonyl (C=O) groups is 3. The number of nitrogens with zero attached hydrogens (tertiary/aromatic N) is 1. The number of amides is 4. The fraction of sp³-hybridized carbons (Fsp3) is 0.769.